The highest BCUT2D eigenvalue weighted by Gasteiger charge is 2.62. The molecule has 0 amide bonds. The van der Waals surface area contributed by atoms with E-state index in [4.69, 9.17) is 33.7 Å². The van der Waals surface area contributed by atoms with Crippen molar-refractivity contribution < 1.29 is 41.8 Å². The minimum atomic E-state index is -4.63. The molecule has 0 bridgehead atoms. The Labute approximate surface area is 331 Å². The molecule has 2 saturated heterocycles. The summed E-state index contributed by atoms with van der Waals surface area (Å²) in [4.78, 5) is 15.0. The minimum Gasteiger partial charge on any atom is -0.382 e. The maximum atomic E-state index is 14.1. The van der Waals surface area contributed by atoms with Crippen molar-refractivity contribution in [2.24, 2.45) is 0 Å². The van der Waals surface area contributed by atoms with E-state index in [0.717, 1.165) is 31.7 Å². The number of nitrogens with zero attached hydrogens (tertiary/aromatic N) is 4. The van der Waals surface area contributed by atoms with E-state index >= 15 is 0 Å². The first-order valence-corrected chi connectivity index (χ1v) is 21.9. The normalized spacial score (nSPS) is 23.3. The van der Waals surface area contributed by atoms with Gasteiger partial charge in [0.15, 0.2) is 11.6 Å². The van der Waals surface area contributed by atoms with E-state index < -0.39 is 49.4 Å². The van der Waals surface area contributed by atoms with E-state index in [1.165, 1.54) is 76.6 Å². The molecule has 0 saturated carbocycles. The Bertz CT molecular complexity index is 1790. The Morgan fingerprint density at radius 2 is 1.62 bits per heavy atom. The quantitative estimate of drug-likeness (QED) is 0.0615. The van der Waals surface area contributed by atoms with Crippen molar-refractivity contribution >= 4 is 19.2 Å². The number of phosphoric acid groups is 1. The predicted octanol–water partition coefficient (Wildman–Crippen LogP) is 9.26. The van der Waals surface area contributed by atoms with Gasteiger partial charge in [0, 0.05) is 0 Å². The fourth-order valence-electron chi connectivity index (χ4n) is 7.66. The van der Waals surface area contributed by atoms with E-state index in [-0.39, 0.29) is 25.4 Å². The van der Waals surface area contributed by atoms with Crippen molar-refractivity contribution in [1.29, 1.82) is 5.26 Å². The number of nitrogens with two attached hydrogens (primary N) is 1. The molecule has 2 aliphatic rings. The van der Waals surface area contributed by atoms with E-state index in [9.17, 15) is 19.1 Å². The van der Waals surface area contributed by atoms with Gasteiger partial charge in [-0.15, -0.1) is 0 Å². The van der Waals surface area contributed by atoms with Crippen molar-refractivity contribution in [3.05, 3.63) is 59.3 Å². The Balaban J connectivity index is 1.13. The molecule has 15 heteroatoms. The van der Waals surface area contributed by atoms with E-state index in [1.807, 2.05) is 12.1 Å². The number of unbranched alkanes of at least 4 members (excludes halogenated alkanes) is 13. The molecule has 3 N–H and O–H groups in total. The lowest BCUT2D eigenvalue weighted by atomic mass is 9.97. The number of nitriles is 1. The van der Waals surface area contributed by atoms with Crippen molar-refractivity contribution in [3.63, 3.8) is 0 Å². The second-order valence-corrected chi connectivity index (χ2v) is 17.3. The zero-order valence-electron chi connectivity index (χ0n) is 33.5. The fourth-order valence-corrected chi connectivity index (χ4v) is 8.51. The lowest BCUT2D eigenvalue weighted by molar-refractivity contribution is -0.212. The number of hydrogen-bond acceptors (Lipinski definition) is 11. The fraction of sp³-hybridized carbons (Fsp3) is 0.683. The summed E-state index contributed by atoms with van der Waals surface area (Å²) in [6, 6.07) is 9.60. The number of rotatable bonds is 25. The maximum absolute atomic E-state index is 14.1. The zero-order chi connectivity index (χ0) is 40.2. The number of halogens is 1. The van der Waals surface area contributed by atoms with E-state index in [0.29, 0.717) is 29.0 Å². The number of phosphoric ester groups is 1. The van der Waals surface area contributed by atoms with Crippen LogP contribution in [-0.2, 0) is 39.2 Å². The molecule has 6 atom stereocenters. The van der Waals surface area contributed by atoms with Gasteiger partial charge in [0.25, 0.3) is 0 Å². The molecule has 0 radical (unpaired) electrons. The van der Waals surface area contributed by atoms with Gasteiger partial charge in [0.1, 0.15) is 41.6 Å². The number of nitrogen functional groups attached to an aromatic ring is 1. The number of fused-ring (bicyclic) bond motifs is 2. The van der Waals surface area contributed by atoms with Gasteiger partial charge in [-0.3, -0.25) is 9.05 Å². The van der Waals surface area contributed by atoms with Crippen molar-refractivity contribution in [2.75, 3.05) is 18.9 Å². The maximum Gasteiger partial charge on any atom is 0.472 e. The Kier molecular flexibility index (Phi) is 16.2. The van der Waals surface area contributed by atoms with Crippen molar-refractivity contribution in [1.82, 2.24) is 14.6 Å². The summed E-state index contributed by atoms with van der Waals surface area (Å²) >= 11 is 0. The monoisotopic (exact) mass is 801 g/mol. The summed E-state index contributed by atoms with van der Waals surface area (Å²) in [5.74, 6) is -1.18. The molecule has 1 unspecified atom stereocenters. The molecule has 1 aromatic carbocycles. The lowest BCUT2D eigenvalue weighted by Gasteiger charge is -2.31. The average Bonchev–Trinajstić information content (AvgIpc) is 3.82. The van der Waals surface area contributed by atoms with E-state index in [2.05, 4.69) is 17.0 Å². The first-order chi connectivity index (χ1) is 26.8. The van der Waals surface area contributed by atoms with Crippen LogP contribution >= 0.6 is 7.82 Å². The number of hydrogen-bond donors (Lipinski definition) is 2. The molecule has 5 rings (SSSR count). The van der Waals surface area contributed by atoms with Crippen LogP contribution in [0.15, 0.2) is 36.7 Å². The van der Waals surface area contributed by atoms with Gasteiger partial charge in [-0.05, 0) is 63.1 Å². The number of aromatic nitrogens is 3. The van der Waals surface area contributed by atoms with Crippen LogP contribution in [0.2, 0.25) is 0 Å². The van der Waals surface area contributed by atoms with Crippen LogP contribution in [0.4, 0.5) is 10.2 Å². The highest BCUT2D eigenvalue weighted by atomic mass is 31.2. The van der Waals surface area contributed by atoms with E-state index in [1.54, 1.807) is 37.4 Å². The largest absolute Gasteiger partial charge is 0.472 e. The molecular formula is C41H61FN5O8P. The average molecular weight is 802 g/mol. The molecule has 0 aliphatic carbocycles. The van der Waals surface area contributed by atoms with Gasteiger partial charge >= 0.3 is 7.82 Å². The molecule has 2 fully saturated rings. The van der Waals surface area contributed by atoms with Crippen LogP contribution in [-0.4, -0.2) is 62.4 Å². The smallest absolute Gasteiger partial charge is 0.382 e. The van der Waals surface area contributed by atoms with Crippen LogP contribution in [0, 0.1) is 17.1 Å². The summed E-state index contributed by atoms with van der Waals surface area (Å²) in [5.41, 5.74) is 6.78. The summed E-state index contributed by atoms with van der Waals surface area (Å²) in [5, 5.41) is 13.6. The minimum absolute atomic E-state index is 0.00411. The highest BCUT2D eigenvalue weighted by Crippen LogP contribution is 2.52. The molecule has 4 heterocycles. The number of ether oxygens (including phenoxy) is 4. The molecule has 2 aliphatic heterocycles. The Hall–Kier alpha value is -2.99. The standard InChI is InChI=1S/C41H61FN5O8P/c1-5-6-7-8-9-10-11-12-13-14-15-16-17-18-19-33(50-26-31-22-30(25-43)23-32(42)24-31)27-51-56(48,49)52-28-41(4)38-37(53-40(2,3)55-38)36(54-41)34-20-21-35-39(44)45-29-46-47(34)35/h20-24,29,33,36-38H,5-19,26-28H2,1-4H3,(H,48,49)(H2,44,45,46)/t33-,36-,37-,38-,41+/m0/s1. The number of benzene rings is 1. The van der Waals surface area contributed by atoms with Crippen LogP contribution in [0.3, 0.4) is 0 Å². The molecule has 3 aromatic rings. The van der Waals surface area contributed by atoms with Gasteiger partial charge in [-0.1, -0.05) is 96.8 Å². The third kappa shape index (κ3) is 12.5. The Morgan fingerprint density at radius 3 is 2.29 bits per heavy atom. The SMILES string of the molecule is CCCCCCCCCCCCCCCC[C@@H](COP(=O)(O)OC[C@@]1(C)O[C@@H](c2ccc3c(N)ncnn23)[C@@H]2OC(C)(C)O[C@@H]21)OCc1cc(F)cc(C#N)c1. The van der Waals surface area contributed by atoms with Crippen molar-refractivity contribution in [3.8, 4) is 6.07 Å². The topological polar surface area (TPSA) is 173 Å². The Morgan fingerprint density at radius 1 is 0.964 bits per heavy atom. The van der Waals surface area contributed by atoms with Gasteiger partial charge in [-0.2, -0.15) is 10.4 Å². The van der Waals surface area contributed by atoms with Crippen LogP contribution in [0.1, 0.15) is 147 Å². The van der Waals surface area contributed by atoms with Crippen LogP contribution in [0.25, 0.3) is 5.52 Å². The second-order valence-electron chi connectivity index (χ2n) is 15.9. The third-order valence-electron chi connectivity index (χ3n) is 10.6. The second kappa shape index (κ2) is 20.6. The molecule has 56 heavy (non-hydrogen) atoms. The zero-order valence-corrected chi connectivity index (χ0v) is 34.4. The van der Waals surface area contributed by atoms with Gasteiger partial charge in [-0.25, -0.2) is 18.5 Å². The molecule has 2 aromatic heterocycles. The third-order valence-corrected chi connectivity index (χ3v) is 11.5. The highest BCUT2D eigenvalue weighted by molar-refractivity contribution is 7.47. The number of anilines is 1. The van der Waals surface area contributed by atoms with Crippen molar-refractivity contribution in [2.45, 2.75) is 166 Å². The first-order valence-electron chi connectivity index (χ1n) is 20.4. The summed E-state index contributed by atoms with van der Waals surface area (Å²) in [7, 11) is -4.63. The summed E-state index contributed by atoms with van der Waals surface area (Å²) < 4.78 is 65.4. The predicted molar refractivity (Wildman–Crippen MR) is 210 cm³/mol. The summed E-state index contributed by atoms with van der Waals surface area (Å²) in [6.07, 6.45) is 16.6. The van der Waals surface area contributed by atoms with Crippen LogP contribution < -0.4 is 5.73 Å². The molecule has 13 nitrogen and oxygen atoms in total. The molecular weight excluding hydrogens is 740 g/mol. The molecule has 310 valence electrons. The summed E-state index contributed by atoms with van der Waals surface area (Å²) in [6.45, 7) is 7.00. The molecule has 0 spiro atoms. The lowest BCUT2D eigenvalue weighted by Crippen LogP contribution is -2.44. The van der Waals surface area contributed by atoms with Gasteiger partial charge in [0.05, 0.1) is 43.3 Å². The van der Waals surface area contributed by atoms with Crippen LogP contribution in [0.5, 0.6) is 0 Å². The van der Waals surface area contributed by atoms with Gasteiger partial charge in [0.2, 0.25) is 0 Å². The van der Waals surface area contributed by atoms with Gasteiger partial charge < -0.3 is 29.6 Å². The first kappa shape index (κ1) is 44.1.